The van der Waals surface area contributed by atoms with Gasteiger partial charge in [-0.3, -0.25) is 0 Å². The molecular formula is C16H27NO. The van der Waals surface area contributed by atoms with Crippen LogP contribution in [0.2, 0.25) is 0 Å². The van der Waals surface area contributed by atoms with Crippen molar-refractivity contribution in [3.8, 4) is 0 Å². The number of hydroxylamine groups is 1. The molecule has 0 radical (unpaired) electrons. The number of hydrogen-bond acceptors (Lipinski definition) is 1. The van der Waals surface area contributed by atoms with E-state index in [-0.39, 0.29) is 11.5 Å². The van der Waals surface area contributed by atoms with E-state index in [1.807, 2.05) is 26.8 Å². The minimum atomic E-state index is 0.00379. The van der Waals surface area contributed by atoms with Gasteiger partial charge in [0.1, 0.15) is 0 Å². The van der Waals surface area contributed by atoms with Gasteiger partial charge in [-0.2, -0.15) is 0 Å². The molecule has 0 heterocycles. The van der Waals surface area contributed by atoms with E-state index in [9.17, 15) is 5.21 Å². The molecule has 0 amide bonds. The molecule has 2 heteroatoms. The topological polar surface area (TPSA) is 26.1 Å². The third-order valence-electron chi connectivity index (χ3n) is 3.85. The maximum atomic E-state index is 11.8. The Bertz CT molecular complexity index is 397. The van der Waals surface area contributed by atoms with Crippen molar-refractivity contribution in [3.63, 3.8) is 0 Å². The van der Waals surface area contributed by atoms with Gasteiger partial charge in [0, 0.05) is 13.0 Å². The average Bonchev–Trinajstić information content (AvgIpc) is 2.25. The number of hydrogen-bond donors (Lipinski definition) is 0. The van der Waals surface area contributed by atoms with Crippen molar-refractivity contribution in [3.05, 3.63) is 28.5 Å². The summed E-state index contributed by atoms with van der Waals surface area (Å²) in [6, 6.07) is 0.00379. The van der Waals surface area contributed by atoms with Crippen LogP contribution in [0.15, 0.2) is 23.3 Å². The Kier molecular flexibility index (Phi) is 4.78. The molecule has 0 saturated heterocycles. The normalized spacial score (nSPS) is 21.7. The molecule has 18 heavy (non-hydrogen) atoms. The van der Waals surface area contributed by atoms with Crippen LogP contribution < -0.4 is 0 Å². The molecule has 1 aliphatic rings. The monoisotopic (exact) mass is 249 g/mol. The highest BCUT2D eigenvalue weighted by atomic mass is 16.5. The van der Waals surface area contributed by atoms with E-state index in [0.29, 0.717) is 0 Å². The molecule has 0 aromatic carbocycles. The summed E-state index contributed by atoms with van der Waals surface area (Å²) >= 11 is 0. The SMILES string of the molecule is CC1=C(/C=C/C(C)=[N+](\[O-])C(C)C)C(C)(C)CCC1. The van der Waals surface area contributed by atoms with E-state index in [1.54, 1.807) is 0 Å². The summed E-state index contributed by atoms with van der Waals surface area (Å²) in [5.41, 5.74) is 3.90. The molecule has 0 N–H and O–H groups in total. The van der Waals surface area contributed by atoms with Crippen molar-refractivity contribution >= 4 is 5.71 Å². The predicted octanol–water partition coefficient (Wildman–Crippen LogP) is 4.45. The number of rotatable bonds is 3. The fraction of sp³-hybridized carbons (Fsp3) is 0.688. The first kappa shape index (κ1) is 15.0. The van der Waals surface area contributed by atoms with Crippen molar-refractivity contribution in [1.82, 2.24) is 0 Å². The molecule has 1 rings (SSSR count). The summed E-state index contributed by atoms with van der Waals surface area (Å²) in [6.45, 7) is 12.5. The Morgan fingerprint density at radius 2 is 2.00 bits per heavy atom. The van der Waals surface area contributed by atoms with Crippen molar-refractivity contribution in [2.75, 3.05) is 0 Å². The van der Waals surface area contributed by atoms with E-state index < -0.39 is 0 Å². The first-order valence-electron chi connectivity index (χ1n) is 6.94. The molecule has 2 nitrogen and oxygen atoms in total. The second-order valence-corrected chi connectivity index (χ2v) is 6.33. The summed E-state index contributed by atoms with van der Waals surface area (Å²) in [4.78, 5) is 0. The van der Waals surface area contributed by atoms with Crippen LogP contribution >= 0.6 is 0 Å². The van der Waals surface area contributed by atoms with Gasteiger partial charge < -0.3 is 5.21 Å². The molecular weight excluding hydrogens is 222 g/mol. The fourth-order valence-corrected chi connectivity index (χ4v) is 2.70. The Balaban J connectivity index is 3.00. The lowest BCUT2D eigenvalue weighted by molar-refractivity contribution is -0.491. The van der Waals surface area contributed by atoms with Crippen LogP contribution in [0.4, 0.5) is 0 Å². The molecule has 1 aliphatic carbocycles. The lowest BCUT2D eigenvalue weighted by atomic mass is 9.72. The smallest absolute Gasteiger partial charge is 0.184 e. The highest BCUT2D eigenvalue weighted by molar-refractivity contribution is 5.89. The zero-order valence-corrected chi connectivity index (χ0v) is 12.7. The minimum absolute atomic E-state index is 0.00379. The summed E-state index contributed by atoms with van der Waals surface area (Å²) in [5, 5.41) is 11.8. The van der Waals surface area contributed by atoms with Gasteiger partial charge >= 0.3 is 0 Å². The summed E-state index contributed by atoms with van der Waals surface area (Å²) in [6.07, 6.45) is 7.82. The van der Waals surface area contributed by atoms with Gasteiger partial charge in [-0.15, -0.1) is 0 Å². The van der Waals surface area contributed by atoms with Crippen LogP contribution in [0, 0.1) is 10.6 Å². The summed E-state index contributed by atoms with van der Waals surface area (Å²) in [7, 11) is 0. The van der Waals surface area contributed by atoms with Crippen molar-refractivity contribution in [1.29, 1.82) is 0 Å². The Labute approximate surface area is 112 Å². The van der Waals surface area contributed by atoms with Crippen LogP contribution in [-0.4, -0.2) is 16.5 Å². The largest absolute Gasteiger partial charge is 0.623 e. The van der Waals surface area contributed by atoms with E-state index in [1.165, 1.54) is 30.4 Å². The molecule has 0 unspecified atom stereocenters. The summed E-state index contributed by atoms with van der Waals surface area (Å²) < 4.78 is 1.07. The van der Waals surface area contributed by atoms with E-state index in [4.69, 9.17) is 0 Å². The lowest BCUT2D eigenvalue weighted by Gasteiger charge is -2.32. The fourth-order valence-electron chi connectivity index (χ4n) is 2.70. The molecule has 0 atom stereocenters. The van der Waals surface area contributed by atoms with Gasteiger partial charge in [-0.25, -0.2) is 4.74 Å². The van der Waals surface area contributed by atoms with Crippen molar-refractivity contribution < 1.29 is 4.74 Å². The molecule has 0 bridgehead atoms. The highest BCUT2D eigenvalue weighted by Crippen LogP contribution is 2.40. The standard InChI is InChI=1S/C16H27NO/c1-12(2)17(18)14(4)9-10-15-13(3)8-7-11-16(15,5)6/h9-10,12H,7-8,11H2,1-6H3/b10-9+,17-14-. The maximum absolute atomic E-state index is 11.8. The van der Waals surface area contributed by atoms with Gasteiger partial charge in [0.05, 0.1) is 0 Å². The number of nitrogens with zero attached hydrogens (tertiary/aromatic N) is 1. The van der Waals surface area contributed by atoms with Crippen LogP contribution in [0.25, 0.3) is 0 Å². The van der Waals surface area contributed by atoms with Crippen LogP contribution in [0.3, 0.4) is 0 Å². The van der Waals surface area contributed by atoms with Crippen molar-refractivity contribution in [2.24, 2.45) is 5.41 Å². The highest BCUT2D eigenvalue weighted by Gasteiger charge is 2.26. The Morgan fingerprint density at radius 3 is 2.50 bits per heavy atom. The quantitative estimate of drug-likeness (QED) is 0.314. The second-order valence-electron chi connectivity index (χ2n) is 6.33. The molecule has 102 valence electrons. The minimum Gasteiger partial charge on any atom is -0.623 e. The molecule has 0 aromatic rings. The third kappa shape index (κ3) is 3.47. The molecule has 0 saturated carbocycles. The van der Waals surface area contributed by atoms with Gasteiger partial charge in [0.25, 0.3) is 0 Å². The Morgan fingerprint density at radius 1 is 1.39 bits per heavy atom. The molecule has 0 fully saturated rings. The van der Waals surface area contributed by atoms with Crippen LogP contribution in [0.1, 0.15) is 60.8 Å². The lowest BCUT2D eigenvalue weighted by Crippen LogP contribution is -2.21. The van der Waals surface area contributed by atoms with E-state index in [0.717, 1.165) is 10.5 Å². The van der Waals surface area contributed by atoms with Gasteiger partial charge in [-0.1, -0.05) is 25.5 Å². The average molecular weight is 249 g/mol. The second kappa shape index (κ2) is 5.73. The summed E-state index contributed by atoms with van der Waals surface area (Å²) in [5.74, 6) is 0. The zero-order valence-electron chi connectivity index (χ0n) is 12.7. The van der Waals surface area contributed by atoms with Crippen LogP contribution in [-0.2, 0) is 0 Å². The molecule has 0 aromatic heterocycles. The first-order valence-corrected chi connectivity index (χ1v) is 6.94. The predicted molar refractivity (Wildman–Crippen MR) is 78.9 cm³/mol. The van der Waals surface area contributed by atoms with E-state index in [2.05, 4.69) is 26.8 Å². The molecule has 0 spiro atoms. The third-order valence-corrected chi connectivity index (χ3v) is 3.85. The van der Waals surface area contributed by atoms with E-state index >= 15 is 0 Å². The van der Waals surface area contributed by atoms with Gasteiger partial charge in [-0.05, 0) is 51.0 Å². The van der Waals surface area contributed by atoms with Gasteiger partial charge in [0.15, 0.2) is 11.8 Å². The zero-order chi connectivity index (χ0) is 13.9. The van der Waals surface area contributed by atoms with Gasteiger partial charge in [0.2, 0.25) is 0 Å². The van der Waals surface area contributed by atoms with Crippen molar-refractivity contribution in [2.45, 2.75) is 66.8 Å². The number of allylic oxidation sites excluding steroid dienone is 4. The first-order chi connectivity index (χ1) is 8.25. The maximum Gasteiger partial charge on any atom is 0.184 e. The van der Waals surface area contributed by atoms with Crippen LogP contribution in [0.5, 0.6) is 0 Å². The Hall–Kier alpha value is -1.05. The molecule has 0 aliphatic heterocycles.